The maximum Gasteiger partial charge on any atom is 0.0672 e. The molecule has 1 N–H and O–H groups in total. The first-order chi connectivity index (χ1) is 8.31. The van der Waals surface area contributed by atoms with E-state index in [4.69, 9.17) is 0 Å². The molecular weight excluding hydrogens is 228 g/mol. The first-order valence-electron chi connectivity index (χ1n) is 6.46. The molecule has 1 aliphatic rings. The molecule has 1 fully saturated rings. The van der Waals surface area contributed by atoms with Crippen LogP contribution in [0.25, 0.3) is 0 Å². The lowest BCUT2D eigenvalue weighted by molar-refractivity contribution is 0.393. The molecule has 2 nitrogen and oxygen atoms in total. The van der Waals surface area contributed by atoms with Gasteiger partial charge in [-0.15, -0.1) is 0 Å². The van der Waals surface area contributed by atoms with E-state index >= 15 is 0 Å². The van der Waals surface area contributed by atoms with Gasteiger partial charge in [0.2, 0.25) is 0 Å². The molecule has 0 bridgehead atoms. The smallest absolute Gasteiger partial charge is 0.0672 e. The summed E-state index contributed by atoms with van der Waals surface area (Å²) in [5.74, 6) is 0.205. The Morgan fingerprint density at radius 3 is 2.88 bits per heavy atom. The van der Waals surface area contributed by atoms with Crippen LogP contribution in [0.2, 0.25) is 0 Å². The van der Waals surface area contributed by atoms with Crippen LogP contribution in [0.5, 0.6) is 0 Å². The lowest BCUT2D eigenvalue weighted by atomic mass is 9.96. The molecule has 17 heavy (non-hydrogen) atoms. The van der Waals surface area contributed by atoms with E-state index in [2.05, 4.69) is 29.1 Å². The Morgan fingerprint density at radius 1 is 1.35 bits per heavy atom. The number of hydrogen-bond donors (Lipinski definition) is 1. The summed E-state index contributed by atoms with van der Waals surface area (Å²) in [6, 6.07) is 2.87. The monoisotopic (exact) mass is 248 g/mol. The van der Waals surface area contributed by atoms with E-state index in [-0.39, 0.29) is 5.92 Å². The predicted octanol–water partition coefficient (Wildman–Crippen LogP) is 3.62. The molecule has 0 aromatic carbocycles. The summed E-state index contributed by atoms with van der Waals surface area (Å²) < 4.78 is 0. The molecule has 0 amide bonds. The van der Waals surface area contributed by atoms with E-state index in [0.717, 1.165) is 19.4 Å². The van der Waals surface area contributed by atoms with Crippen LogP contribution < -0.4 is 5.32 Å². The number of nitrogens with one attached hydrogen (secondary N) is 1. The van der Waals surface area contributed by atoms with Crippen LogP contribution >= 0.6 is 11.3 Å². The van der Waals surface area contributed by atoms with Crippen molar-refractivity contribution < 1.29 is 0 Å². The van der Waals surface area contributed by atoms with Crippen molar-refractivity contribution in [1.82, 2.24) is 5.32 Å². The van der Waals surface area contributed by atoms with Gasteiger partial charge in [-0.05, 0) is 41.7 Å². The van der Waals surface area contributed by atoms with Crippen LogP contribution in [0.1, 0.15) is 43.2 Å². The van der Waals surface area contributed by atoms with E-state index in [1.165, 1.54) is 30.4 Å². The Balaban J connectivity index is 1.92. The van der Waals surface area contributed by atoms with Gasteiger partial charge in [0.1, 0.15) is 0 Å². The SMILES string of the molecule is Cc1cscc1CNC1CCCCCC1C#N. The summed E-state index contributed by atoms with van der Waals surface area (Å²) in [4.78, 5) is 0. The Bertz CT molecular complexity index is 391. The summed E-state index contributed by atoms with van der Waals surface area (Å²) in [5.41, 5.74) is 2.75. The summed E-state index contributed by atoms with van der Waals surface area (Å²) in [5, 5.41) is 17.2. The quantitative estimate of drug-likeness (QED) is 0.829. The van der Waals surface area contributed by atoms with E-state index in [1.54, 1.807) is 11.3 Å². The van der Waals surface area contributed by atoms with Gasteiger partial charge in [-0.2, -0.15) is 16.6 Å². The molecule has 0 aliphatic heterocycles. The van der Waals surface area contributed by atoms with Crippen molar-refractivity contribution in [3.63, 3.8) is 0 Å². The molecule has 1 saturated carbocycles. The Hall–Kier alpha value is -0.850. The highest BCUT2D eigenvalue weighted by Crippen LogP contribution is 2.23. The average molecular weight is 248 g/mol. The zero-order chi connectivity index (χ0) is 12.1. The maximum absolute atomic E-state index is 9.21. The van der Waals surface area contributed by atoms with Crippen molar-refractivity contribution in [2.75, 3.05) is 0 Å². The third kappa shape index (κ3) is 3.31. The lowest BCUT2D eigenvalue weighted by Gasteiger charge is -2.20. The predicted molar refractivity (Wildman–Crippen MR) is 71.9 cm³/mol. The first kappa shape index (κ1) is 12.6. The lowest BCUT2D eigenvalue weighted by Crippen LogP contribution is -2.34. The Kier molecular flexibility index (Phi) is 4.58. The van der Waals surface area contributed by atoms with E-state index in [9.17, 15) is 5.26 Å². The van der Waals surface area contributed by atoms with E-state index in [1.807, 2.05) is 0 Å². The Morgan fingerprint density at radius 2 is 2.18 bits per heavy atom. The van der Waals surface area contributed by atoms with Gasteiger partial charge in [0.25, 0.3) is 0 Å². The topological polar surface area (TPSA) is 35.8 Å². The highest BCUT2D eigenvalue weighted by atomic mass is 32.1. The van der Waals surface area contributed by atoms with Gasteiger partial charge in [0.15, 0.2) is 0 Å². The highest BCUT2D eigenvalue weighted by molar-refractivity contribution is 7.08. The molecule has 1 heterocycles. The fraction of sp³-hybridized carbons (Fsp3) is 0.643. The fourth-order valence-corrected chi connectivity index (χ4v) is 3.37. The minimum Gasteiger partial charge on any atom is -0.309 e. The molecule has 2 rings (SSSR count). The van der Waals surface area contributed by atoms with Crippen LogP contribution in [-0.2, 0) is 6.54 Å². The number of thiophene rings is 1. The van der Waals surface area contributed by atoms with Gasteiger partial charge in [0.05, 0.1) is 12.0 Å². The van der Waals surface area contributed by atoms with Crippen molar-refractivity contribution in [3.8, 4) is 6.07 Å². The molecule has 1 aliphatic carbocycles. The zero-order valence-corrected chi connectivity index (χ0v) is 11.2. The number of nitrogens with zero attached hydrogens (tertiary/aromatic N) is 1. The van der Waals surface area contributed by atoms with Gasteiger partial charge in [-0.3, -0.25) is 0 Å². The third-order valence-corrected chi connectivity index (χ3v) is 4.61. The molecule has 0 spiro atoms. The van der Waals surface area contributed by atoms with Crippen molar-refractivity contribution in [3.05, 3.63) is 21.9 Å². The summed E-state index contributed by atoms with van der Waals surface area (Å²) in [7, 11) is 0. The summed E-state index contributed by atoms with van der Waals surface area (Å²) in [6.07, 6.45) is 5.98. The van der Waals surface area contributed by atoms with Gasteiger partial charge >= 0.3 is 0 Å². The maximum atomic E-state index is 9.21. The second-order valence-electron chi connectivity index (χ2n) is 4.94. The van der Waals surface area contributed by atoms with Crippen molar-refractivity contribution in [1.29, 1.82) is 5.26 Å². The van der Waals surface area contributed by atoms with E-state index < -0.39 is 0 Å². The minimum absolute atomic E-state index is 0.205. The molecule has 0 saturated heterocycles. The standard InChI is InChI=1S/C14H20N2S/c1-11-9-17-10-13(11)8-16-14-6-4-2-3-5-12(14)7-15/h9-10,12,14,16H,2-6,8H2,1H3. The van der Waals surface area contributed by atoms with Crippen LogP contribution in [0.15, 0.2) is 10.8 Å². The second-order valence-corrected chi connectivity index (χ2v) is 5.68. The van der Waals surface area contributed by atoms with Gasteiger partial charge in [-0.1, -0.05) is 19.3 Å². The number of hydrogen-bond acceptors (Lipinski definition) is 3. The molecule has 3 heteroatoms. The van der Waals surface area contributed by atoms with Crippen LogP contribution in [0.4, 0.5) is 0 Å². The largest absolute Gasteiger partial charge is 0.309 e. The molecule has 0 radical (unpaired) electrons. The zero-order valence-electron chi connectivity index (χ0n) is 10.4. The number of aryl methyl sites for hydroxylation is 1. The Labute approximate surface area is 108 Å². The van der Waals surface area contributed by atoms with Crippen LogP contribution in [0, 0.1) is 24.2 Å². The normalized spacial score (nSPS) is 25.2. The second kappa shape index (κ2) is 6.18. The van der Waals surface area contributed by atoms with Gasteiger partial charge in [-0.25, -0.2) is 0 Å². The summed E-state index contributed by atoms with van der Waals surface area (Å²) in [6.45, 7) is 3.07. The fourth-order valence-electron chi connectivity index (χ4n) is 2.52. The molecule has 1 aromatic rings. The molecule has 92 valence electrons. The first-order valence-corrected chi connectivity index (χ1v) is 7.40. The van der Waals surface area contributed by atoms with E-state index in [0.29, 0.717) is 6.04 Å². The van der Waals surface area contributed by atoms with Crippen molar-refractivity contribution >= 4 is 11.3 Å². The molecule has 2 atom stereocenters. The molecule has 2 unspecified atom stereocenters. The third-order valence-electron chi connectivity index (χ3n) is 3.70. The van der Waals surface area contributed by atoms with Crippen LogP contribution in [-0.4, -0.2) is 6.04 Å². The van der Waals surface area contributed by atoms with Crippen LogP contribution in [0.3, 0.4) is 0 Å². The van der Waals surface area contributed by atoms with Crippen molar-refractivity contribution in [2.45, 2.75) is 51.6 Å². The molecular formula is C14H20N2S. The minimum atomic E-state index is 0.205. The highest BCUT2D eigenvalue weighted by Gasteiger charge is 2.22. The summed E-state index contributed by atoms with van der Waals surface area (Å²) >= 11 is 1.76. The molecule has 1 aromatic heterocycles. The van der Waals surface area contributed by atoms with Gasteiger partial charge in [0, 0.05) is 12.6 Å². The number of nitriles is 1. The van der Waals surface area contributed by atoms with Crippen molar-refractivity contribution in [2.24, 2.45) is 5.92 Å². The number of rotatable bonds is 3. The average Bonchev–Trinajstić information content (AvgIpc) is 2.63. The van der Waals surface area contributed by atoms with Gasteiger partial charge < -0.3 is 5.32 Å².